The molecule has 1 aromatic rings. The number of nitrogens with zero attached hydrogens (tertiary/aromatic N) is 2. The predicted octanol–water partition coefficient (Wildman–Crippen LogP) is 1.16. The summed E-state index contributed by atoms with van der Waals surface area (Å²) in [4.78, 5) is 16.6. The first-order valence-corrected chi connectivity index (χ1v) is 9.47. The number of ether oxygens (including phenoxy) is 1. The van der Waals surface area contributed by atoms with Gasteiger partial charge in [-0.2, -0.15) is 0 Å². The molecule has 6 nitrogen and oxygen atoms in total. The largest absolute Gasteiger partial charge is 0.388 e. The summed E-state index contributed by atoms with van der Waals surface area (Å²) < 4.78 is 5.71. The summed E-state index contributed by atoms with van der Waals surface area (Å²) in [6.07, 6.45) is 1.46. The van der Waals surface area contributed by atoms with Gasteiger partial charge in [0.15, 0.2) is 5.60 Å². The predicted molar refractivity (Wildman–Crippen MR) is 102 cm³/mol. The van der Waals surface area contributed by atoms with E-state index in [4.69, 9.17) is 4.74 Å². The molecule has 2 fully saturated rings. The molecule has 26 heavy (non-hydrogen) atoms. The fraction of sp³-hybridized carbons (Fsp3) is 0.650. The highest BCUT2D eigenvalue weighted by Crippen LogP contribution is 2.30. The van der Waals surface area contributed by atoms with Crippen LogP contribution >= 0.6 is 0 Å². The molecule has 2 saturated heterocycles. The molecule has 1 amide bonds. The fourth-order valence-electron chi connectivity index (χ4n) is 4.14. The van der Waals surface area contributed by atoms with Crippen molar-refractivity contribution in [3.05, 3.63) is 29.8 Å². The number of carbonyl (C=O) groups is 1. The number of para-hydroxylation sites is 1. The van der Waals surface area contributed by atoms with E-state index in [1.165, 1.54) is 11.3 Å². The van der Waals surface area contributed by atoms with Crippen LogP contribution in [-0.2, 0) is 9.53 Å². The van der Waals surface area contributed by atoms with E-state index in [1.54, 1.807) is 7.05 Å². The Labute approximate surface area is 156 Å². The van der Waals surface area contributed by atoms with Crippen LogP contribution < -0.4 is 10.2 Å². The Kier molecular flexibility index (Phi) is 5.55. The average Bonchev–Trinajstić information content (AvgIpc) is 2.62. The zero-order valence-corrected chi connectivity index (χ0v) is 16.1. The quantitative estimate of drug-likeness (QED) is 0.843. The van der Waals surface area contributed by atoms with Gasteiger partial charge in [0.05, 0.1) is 12.2 Å². The van der Waals surface area contributed by atoms with Gasteiger partial charge in [-0.3, -0.25) is 9.69 Å². The minimum Gasteiger partial charge on any atom is -0.388 e. The van der Waals surface area contributed by atoms with Gasteiger partial charge in [-0.25, -0.2) is 0 Å². The van der Waals surface area contributed by atoms with Crippen molar-refractivity contribution in [3.8, 4) is 0 Å². The molecule has 1 aromatic carbocycles. The molecule has 0 saturated carbocycles. The summed E-state index contributed by atoms with van der Waals surface area (Å²) >= 11 is 0. The minimum atomic E-state index is -0.842. The number of hydrogen-bond donors (Lipinski definition) is 2. The third kappa shape index (κ3) is 4.03. The highest BCUT2D eigenvalue weighted by Gasteiger charge is 2.42. The van der Waals surface area contributed by atoms with Crippen LogP contribution in [0, 0.1) is 6.92 Å². The van der Waals surface area contributed by atoms with E-state index in [-0.39, 0.29) is 5.91 Å². The smallest absolute Gasteiger partial charge is 0.253 e. The molecule has 0 spiro atoms. The number of anilines is 1. The minimum absolute atomic E-state index is 0.108. The lowest BCUT2D eigenvalue weighted by Crippen LogP contribution is -2.61. The molecular weight excluding hydrogens is 330 g/mol. The van der Waals surface area contributed by atoms with Crippen molar-refractivity contribution in [1.82, 2.24) is 10.2 Å². The van der Waals surface area contributed by atoms with Crippen LogP contribution in [0.15, 0.2) is 24.3 Å². The number of morpholine rings is 1. The molecule has 2 heterocycles. The third-order valence-corrected chi connectivity index (χ3v) is 5.73. The maximum absolute atomic E-state index is 12.1. The number of aryl methyl sites for hydroxylation is 1. The second-order valence-electron chi connectivity index (χ2n) is 7.87. The van der Waals surface area contributed by atoms with Gasteiger partial charge < -0.3 is 20.1 Å². The SMILES string of the molecule is CNC(=O)[C@]1(C)CN(CC2(O)CCN(c3ccccc3C)CC2)CCO1. The standard InChI is InChI=1S/C20H31N3O3/c1-16-6-4-5-7-17(16)23-10-8-20(25,9-11-23)15-22-12-13-26-19(2,14-22)18(24)21-3/h4-7,25H,8-15H2,1-3H3,(H,21,24)/t19-/m0/s1. The second kappa shape index (κ2) is 7.55. The van der Waals surface area contributed by atoms with Crippen LogP contribution in [-0.4, -0.2) is 73.5 Å². The second-order valence-corrected chi connectivity index (χ2v) is 7.87. The summed E-state index contributed by atoms with van der Waals surface area (Å²) in [5.41, 5.74) is 0.978. The number of piperidine rings is 1. The lowest BCUT2D eigenvalue weighted by atomic mass is 9.89. The first-order chi connectivity index (χ1) is 12.4. The number of carbonyl (C=O) groups excluding carboxylic acids is 1. The van der Waals surface area contributed by atoms with E-state index in [2.05, 4.69) is 46.3 Å². The highest BCUT2D eigenvalue weighted by atomic mass is 16.5. The van der Waals surface area contributed by atoms with Gasteiger partial charge in [0.1, 0.15) is 0 Å². The van der Waals surface area contributed by atoms with Crippen molar-refractivity contribution < 1.29 is 14.6 Å². The molecule has 0 radical (unpaired) electrons. The average molecular weight is 361 g/mol. The Morgan fingerprint density at radius 2 is 1.96 bits per heavy atom. The Hall–Kier alpha value is -1.63. The maximum atomic E-state index is 12.1. The number of amides is 1. The molecule has 0 aliphatic carbocycles. The van der Waals surface area contributed by atoms with Gasteiger partial charge in [0.25, 0.3) is 5.91 Å². The monoisotopic (exact) mass is 361 g/mol. The molecule has 3 rings (SSSR count). The zero-order valence-electron chi connectivity index (χ0n) is 16.1. The molecule has 1 atom stereocenters. The first-order valence-electron chi connectivity index (χ1n) is 9.47. The van der Waals surface area contributed by atoms with Gasteiger partial charge in [-0.05, 0) is 38.3 Å². The molecule has 144 valence electrons. The van der Waals surface area contributed by atoms with E-state index in [1.807, 2.05) is 6.92 Å². The van der Waals surface area contributed by atoms with E-state index >= 15 is 0 Å². The Balaban J connectivity index is 1.59. The lowest BCUT2D eigenvalue weighted by molar-refractivity contribution is -0.159. The number of benzene rings is 1. The van der Waals surface area contributed by atoms with Crippen molar-refractivity contribution >= 4 is 11.6 Å². The molecule has 0 aromatic heterocycles. The van der Waals surface area contributed by atoms with E-state index in [9.17, 15) is 9.90 Å². The first kappa shape index (κ1) is 19.1. The summed E-state index contributed by atoms with van der Waals surface area (Å²) in [5.74, 6) is -0.108. The van der Waals surface area contributed by atoms with Crippen LogP contribution in [0.1, 0.15) is 25.3 Å². The van der Waals surface area contributed by atoms with Gasteiger partial charge in [-0.1, -0.05) is 18.2 Å². The molecule has 0 bridgehead atoms. The Morgan fingerprint density at radius 1 is 1.27 bits per heavy atom. The number of likely N-dealkylation sites (N-methyl/N-ethyl adjacent to an activating group) is 1. The van der Waals surface area contributed by atoms with Crippen LogP contribution in [0.2, 0.25) is 0 Å². The molecule has 6 heteroatoms. The fourth-order valence-corrected chi connectivity index (χ4v) is 4.14. The Bertz CT molecular complexity index is 643. The number of nitrogens with one attached hydrogen (secondary N) is 1. The molecule has 2 aliphatic rings. The summed E-state index contributed by atoms with van der Waals surface area (Å²) in [5, 5.41) is 13.8. The topological polar surface area (TPSA) is 65.0 Å². The van der Waals surface area contributed by atoms with Crippen molar-refractivity contribution in [2.45, 2.75) is 37.9 Å². The van der Waals surface area contributed by atoms with E-state index in [0.29, 0.717) is 19.7 Å². The van der Waals surface area contributed by atoms with Crippen molar-refractivity contribution in [1.29, 1.82) is 0 Å². The van der Waals surface area contributed by atoms with Crippen molar-refractivity contribution in [3.63, 3.8) is 0 Å². The van der Waals surface area contributed by atoms with Crippen LogP contribution in [0.25, 0.3) is 0 Å². The number of aliphatic hydroxyl groups is 1. The van der Waals surface area contributed by atoms with Gasteiger partial charge >= 0.3 is 0 Å². The van der Waals surface area contributed by atoms with Crippen LogP contribution in [0.4, 0.5) is 5.69 Å². The molecule has 0 unspecified atom stereocenters. The van der Waals surface area contributed by atoms with Gasteiger partial charge in [0.2, 0.25) is 0 Å². The molecule has 2 N–H and O–H groups in total. The lowest BCUT2D eigenvalue weighted by Gasteiger charge is -2.45. The maximum Gasteiger partial charge on any atom is 0.253 e. The van der Waals surface area contributed by atoms with E-state index in [0.717, 1.165) is 32.5 Å². The van der Waals surface area contributed by atoms with E-state index < -0.39 is 11.2 Å². The number of hydrogen-bond acceptors (Lipinski definition) is 5. The Morgan fingerprint density at radius 3 is 2.62 bits per heavy atom. The summed E-state index contributed by atoms with van der Waals surface area (Å²) in [7, 11) is 1.63. The van der Waals surface area contributed by atoms with Gasteiger partial charge in [0, 0.05) is 45.5 Å². The summed E-state index contributed by atoms with van der Waals surface area (Å²) in [6, 6.07) is 8.40. The van der Waals surface area contributed by atoms with Crippen molar-refractivity contribution in [2.75, 3.05) is 51.3 Å². The zero-order chi connectivity index (χ0) is 18.8. The molecule has 2 aliphatic heterocycles. The normalized spacial score (nSPS) is 26.5. The van der Waals surface area contributed by atoms with Crippen LogP contribution in [0.3, 0.4) is 0 Å². The highest BCUT2D eigenvalue weighted by molar-refractivity contribution is 5.84. The van der Waals surface area contributed by atoms with Crippen LogP contribution in [0.5, 0.6) is 0 Å². The summed E-state index contributed by atoms with van der Waals surface area (Å²) in [6.45, 7) is 8.00. The van der Waals surface area contributed by atoms with Crippen molar-refractivity contribution in [2.24, 2.45) is 0 Å². The molecular formula is C20H31N3O3. The third-order valence-electron chi connectivity index (χ3n) is 5.73. The van der Waals surface area contributed by atoms with Gasteiger partial charge in [-0.15, -0.1) is 0 Å². The number of β-amino-alcohol motifs (C(OH)–C–C–N with tert-alkyl or cyclic N) is 1. The number of rotatable bonds is 4.